The van der Waals surface area contributed by atoms with E-state index in [1.807, 2.05) is 84.9 Å². The summed E-state index contributed by atoms with van der Waals surface area (Å²) in [5.41, 5.74) is 9.26. The lowest BCUT2D eigenvalue weighted by Crippen LogP contribution is -2.53. The van der Waals surface area contributed by atoms with Crippen LogP contribution >= 0.6 is 0 Å². The normalized spacial score (nSPS) is 11.9. The first-order valence-corrected chi connectivity index (χ1v) is 13.1. The zero-order chi connectivity index (χ0) is 28.7. The smallest absolute Gasteiger partial charge is 0.408 e. The number of amides is 3. The summed E-state index contributed by atoms with van der Waals surface area (Å²) in [6, 6.07) is 24.8. The largest absolute Gasteiger partial charge is 0.445 e. The number of hydrogen-bond acceptors (Lipinski definition) is 5. The Balaban J connectivity index is 1.68. The SMILES string of the molecule is CNC(=N)NCCCC(NC(=O)C(Cc1ccc(-c2ccccc2)cc1)NC(=O)OCc1ccccc1)C(N)=O. The number of rotatable bonds is 13. The van der Waals surface area contributed by atoms with Crippen molar-refractivity contribution < 1.29 is 19.1 Å². The van der Waals surface area contributed by atoms with E-state index in [4.69, 9.17) is 15.9 Å². The highest BCUT2D eigenvalue weighted by Crippen LogP contribution is 2.20. The third-order valence-corrected chi connectivity index (χ3v) is 6.20. The van der Waals surface area contributed by atoms with Gasteiger partial charge in [0, 0.05) is 20.0 Å². The van der Waals surface area contributed by atoms with E-state index in [0.29, 0.717) is 13.0 Å². The van der Waals surface area contributed by atoms with Crippen molar-refractivity contribution in [2.24, 2.45) is 5.73 Å². The van der Waals surface area contributed by atoms with Gasteiger partial charge >= 0.3 is 6.09 Å². The summed E-state index contributed by atoms with van der Waals surface area (Å²) in [5.74, 6) is -1.09. The van der Waals surface area contributed by atoms with Gasteiger partial charge in [-0.25, -0.2) is 4.79 Å². The van der Waals surface area contributed by atoms with Crippen molar-refractivity contribution in [2.45, 2.75) is 38.0 Å². The van der Waals surface area contributed by atoms with E-state index in [1.165, 1.54) is 0 Å². The number of hydrogen-bond donors (Lipinski definition) is 6. The highest BCUT2D eigenvalue weighted by Gasteiger charge is 2.26. The predicted molar refractivity (Wildman–Crippen MR) is 154 cm³/mol. The molecule has 7 N–H and O–H groups in total. The highest BCUT2D eigenvalue weighted by molar-refractivity contribution is 5.91. The Morgan fingerprint density at radius 2 is 1.45 bits per heavy atom. The highest BCUT2D eigenvalue weighted by atomic mass is 16.5. The minimum Gasteiger partial charge on any atom is -0.445 e. The number of carbonyl (C=O) groups excluding carboxylic acids is 3. The van der Waals surface area contributed by atoms with Gasteiger partial charge in [0.05, 0.1) is 0 Å². The maximum Gasteiger partial charge on any atom is 0.408 e. The van der Waals surface area contributed by atoms with E-state index in [1.54, 1.807) is 7.05 Å². The Morgan fingerprint density at radius 1 is 0.825 bits per heavy atom. The van der Waals surface area contributed by atoms with E-state index in [-0.39, 0.29) is 25.4 Å². The topological polar surface area (TPSA) is 158 Å². The molecular formula is C30H36N6O4. The Kier molecular flexibility index (Phi) is 11.5. The number of alkyl carbamates (subject to hydrolysis) is 1. The van der Waals surface area contributed by atoms with Crippen LogP contribution in [-0.4, -0.2) is 49.5 Å². The predicted octanol–water partition coefficient (Wildman–Crippen LogP) is 2.69. The molecule has 2 unspecified atom stereocenters. The van der Waals surface area contributed by atoms with Crippen molar-refractivity contribution in [1.82, 2.24) is 21.3 Å². The van der Waals surface area contributed by atoms with Gasteiger partial charge < -0.3 is 31.7 Å². The second-order valence-electron chi connectivity index (χ2n) is 9.18. The quantitative estimate of drug-likeness (QED) is 0.110. The standard InChI is InChI=1S/C30H36N6O4/c1-33-29(32)34-18-8-13-25(27(31)37)35-28(38)26(36-30(39)40-20-22-9-4-2-5-10-22)19-21-14-16-24(17-15-21)23-11-6-3-7-12-23/h2-7,9-12,14-17,25-26H,8,13,18-20H2,1H3,(H2,31,37)(H,35,38)(H,36,39)(H3,32,33,34). The summed E-state index contributed by atoms with van der Waals surface area (Å²) >= 11 is 0. The van der Waals surface area contributed by atoms with Gasteiger partial charge in [-0.1, -0.05) is 84.9 Å². The fourth-order valence-electron chi connectivity index (χ4n) is 3.98. The van der Waals surface area contributed by atoms with E-state index in [9.17, 15) is 14.4 Å². The van der Waals surface area contributed by atoms with Gasteiger partial charge in [-0.05, 0) is 35.1 Å². The van der Waals surface area contributed by atoms with Gasteiger partial charge in [-0.15, -0.1) is 0 Å². The van der Waals surface area contributed by atoms with Crippen molar-refractivity contribution >= 4 is 23.9 Å². The number of benzene rings is 3. The van der Waals surface area contributed by atoms with Gasteiger partial charge in [0.1, 0.15) is 18.7 Å². The average molecular weight is 545 g/mol. The van der Waals surface area contributed by atoms with Crippen LogP contribution in [0.5, 0.6) is 0 Å². The molecule has 10 nitrogen and oxygen atoms in total. The molecule has 0 fully saturated rings. The van der Waals surface area contributed by atoms with Crippen molar-refractivity contribution in [3.05, 3.63) is 96.1 Å². The van der Waals surface area contributed by atoms with Gasteiger partial charge in [-0.2, -0.15) is 0 Å². The van der Waals surface area contributed by atoms with Crippen LogP contribution in [0.4, 0.5) is 4.79 Å². The monoisotopic (exact) mass is 544 g/mol. The Hall–Kier alpha value is -4.86. The fraction of sp³-hybridized carbons (Fsp3) is 0.267. The molecule has 3 amide bonds. The molecule has 0 aliphatic heterocycles. The van der Waals surface area contributed by atoms with E-state index in [0.717, 1.165) is 22.3 Å². The lowest BCUT2D eigenvalue weighted by molar-refractivity contribution is -0.128. The van der Waals surface area contributed by atoms with Crippen LogP contribution in [0.25, 0.3) is 11.1 Å². The summed E-state index contributed by atoms with van der Waals surface area (Å²) < 4.78 is 5.33. The van der Waals surface area contributed by atoms with Crippen LogP contribution in [-0.2, 0) is 27.4 Å². The first-order valence-electron chi connectivity index (χ1n) is 13.1. The molecule has 2 atom stereocenters. The van der Waals surface area contributed by atoms with Gasteiger partial charge in [0.25, 0.3) is 0 Å². The Labute approximate surface area is 234 Å². The molecule has 0 spiro atoms. The number of guanidine groups is 1. The van der Waals surface area contributed by atoms with Crippen molar-refractivity contribution in [3.63, 3.8) is 0 Å². The maximum atomic E-state index is 13.3. The third-order valence-electron chi connectivity index (χ3n) is 6.20. The average Bonchev–Trinajstić information content (AvgIpc) is 2.98. The number of carbonyl (C=O) groups is 3. The molecule has 3 rings (SSSR count). The van der Waals surface area contributed by atoms with E-state index in [2.05, 4.69) is 21.3 Å². The molecule has 0 aromatic heterocycles. The van der Waals surface area contributed by atoms with Crippen LogP contribution in [0.2, 0.25) is 0 Å². The van der Waals surface area contributed by atoms with Gasteiger partial charge in [0.15, 0.2) is 5.96 Å². The molecule has 0 heterocycles. The molecule has 0 radical (unpaired) electrons. The molecular weight excluding hydrogens is 508 g/mol. The summed E-state index contributed by atoms with van der Waals surface area (Å²) in [5, 5.41) is 18.4. The second-order valence-corrected chi connectivity index (χ2v) is 9.18. The summed E-state index contributed by atoms with van der Waals surface area (Å²) in [4.78, 5) is 38.0. The first-order chi connectivity index (χ1) is 19.4. The maximum absolute atomic E-state index is 13.3. The van der Waals surface area contributed by atoms with E-state index < -0.39 is 30.0 Å². The van der Waals surface area contributed by atoms with Crippen molar-refractivity contribution in [2.75, 3.05) is 13.6 Å². The minimum atomic E-state index is -1.01. The first kappa shape index (κ1) is 29.7. The Bertz CT molecular complexity index is 1250. The lowest BCUT2D eigenvalue weighted by Gasteiger charge is -2.22. The molecule has 40 heavy (non-hydrogen) atoms. The third kappa shape index (κ3) is 9.79. The van der Waals surface area contributed by atoms with Crippen LogP contribution < -0.4 is 27.0 Å². The van der Waals surface area contributed by atoms with Gasteiger partial charge in [0.2, 0.25) is 11.8 Å². The molecule has 3 aromatic rings. The Morgan fingerprint density at radius 3 is 2.08 bits per heavy atom. The number of nitrogens with two attached hydrogens (primary N) is 1. The summed E-state index contributed by atoms with van der Waals surface area (Å²) in [6.07, 6.45) is 0.168. The number of primary amides is 1. The fourth-order valence-corrected chi connectivity index (χ4v) is 3.98. The second kappa shape index (κ2) is 15.5. The molecule has 3 aromatic carbocycles. The summed E-state index contributed by atoms with van der Waals surface area (Å²) in [6.45, 7) is 0.464. The molecule has 0 aliphatic rings. The van der Waals surface area contributed by atoms with Crippen molar-refractivity contribution in [1.29, 1.82) is 5.41 Å². The number of ether oxygens (including phenoxy) is 1. The van der Waals surface area contributed by atoms with E-state index >= 15 is 0 Å². The summed E-state index contributed by atoms with van der Waals surface area (Å²) in [7, 11) is 1.62. The molecule has 210 valence electrons. The van der Waals surface area contributed by atoms with Gasteiger partial charge in [-0.3, -0.25) is 15.0 Å². The number of nitrogens with one attached hydrogen (secondary N) is 5. The zero-order valence-electron chi connectivity index (χ0n) is 22.5. The minimum absolute atomic E-state index is 0.0469. The molecule has 0 aliphatic carbocycles. The van der Waals surface area contributed by atoms with Crippen LogP contribution in [0, 0.1) is 5.41 Å². The zero-order valence-corrected chi connectivity index (χ0v) is 22.5. The molecule has 0 saturated carbocycles. The lowest BCUT2D eigenvalue weighted by atomic mass is 10.00. The molecule has 0 saturated heterocycles. The molecule has 0 bridgehead atoms. The molecule has 10 heteroatoms. The van der Waals surface area contributed by atoms with Crippen LogP contribution in [0.3, 0.4) is 0 Å². The van der Waals surface area contributed by atoms with Crippen LogP contribution in [0.1, 0.15) is 24.0 Å². The van der Waals surface area contributed by atoms with Crippen LogP contribution in [0.15, 0.2) is 84.9 Å². The van der Waals surface area contributed by atoms with Crippen molar-refractivity contribution in [3.8, 4) is 11.1 Å².